The number of phosphoric acid groups is 2. The minimum absolute atomic E-state index is 0.103. The molecule has 0 fully saturated rings. The lowest BCUT2D eigenvalue weighted by atomic mass is 10.00. The van der Waals surface area contributed by atoms with Crippen LogP contribution in [-0.4, -0.2) is 96.7 Å². The van der Waals surface area contributed by atoms with Gasteiger partial charge in [0.2, 0.25) is 0 Å². The molecule has 90 heavy (non-hydrogen) atoms. The van der Waals surface area contributed by atoms with Crippen molar-refractivity contribution in [1.29, 1.82) is 0 Å². The maximum absolute atomic E-state index is 13.0. The molecule has 6 atom stereocenters. The number of ether oxygens (including phenoxy) is 4. The number of esters is 4. The van der Waals surface area contributed by atoms with Gasteiger partial charge in [0.15, 0.2) is 12.2 Å². The summed E-state index contributed by atoms with van der Waals surface area (Å²) < 4.78 is 68.3. The van der Waals surface area contributed by atoms with Gasteiger partial charge < -0.3 is 33.8 Å². The zero-order valence-corrected chi connectivity index (χ0v) is 60.6. The molecule has 0 aromatic heterocycles. The normalized spacial score (nSPS) is 14.6. The van der Waals surface area contributed by atoms with Gasteiger partial charge in [0, 0.05) is 25.7 Å². The SMILES string of the molecule is CCC(C)CCCCCCCCC(=O)OC[C@H](COP(=O)(O)OCC(O)COP(=O)(O)OC[C@@H](COC(=O)CCCCCCCCCC(C)C)OC(=O)CCCCCCCCCCC(C)C)OC(=O)CCCCCCCCCCCCCCCCCCC(C)C. The molecule has 17 nitrogen and oxygen atoms in total. The summed E-state index contributed by atoms with van der Waals surface area (Å²) in [6.07, 6.45) is 43.3. The van der Waals surface area contributed by atoms with Crippen LogP contribution >= 0.6 is 15.6 Å². The first kappa shape index (κ1) is 88.1. The van der Waals surface area contributed by atoms with Crippen LogP contribution < -0.4 is 0 Å². The highest BCUT2D eigenvalue weighted by molar-refractivity contribution is 7.47. The van der Waals surface area contributed by atoms with E-state index in [1.54, 1.807) is 0 Å². The summed E-state index contributed by atoms with van der Waals surface area (Å²) >= 11 is 0. The van der Waals surface area contributed by atoms with Crippen molar-refractivity contribution < 1.29 is 80.2 Å². The molecular formula is C71H138O17P2. The average molecular weight is 1330 g/mol. The summed E-state index contributed by atoms with van der Waals surface area (Å²) in [7, 11) is -9.90. The lowest BCUT2D eigenvalue weighted by molar-refractivity contribution is -0.161. The van der Waals surface area contributed by atoms with Gasteiger partial charge >= 0.3 is 39.5 Å². The standard InChI is InChI=1S/C71H138O17P2/c1-9-64(8)50-42-34-29-30-36-44-52-69(74)82-58-67(87-70(75)53-45-37-26-19-17-15-13-11-10-12-14-16-18-23-31-39-47-61(2)3)60-86-90(79,80)84-56-65(72)55-83-89(77,78)85-59-66(57-81-68(73)51-43-35-28-22-25-33-41-49-63(6)7)88-71(76)54-46-38-27-21-20-24-32-40-48-62(4)5/h61-67,72H,9-60H2,1-8H3,(H,77,78)(H,79,80)/t64?,65?,66-,67-/m1/s1. The third kappa shape index (κ3) is 63.5. The Hall–Kier alpha value is -1.94. The molecule has 0 radical (unpaired) electrons. The van der Waals surface area contributed by atoms with Crippen molar-refractivity contribution in [3.63, 3.8) is 0 Å². The number of hydrogen-bond acceptors (Lipinski definition) is 15. The van der Waals surface area contributed by atoms with Crippen LogP contribution in [0.3, 0.4) is 0 Å². The molecule has 0 aliphatic heterocycles. The number of unbranched alkanes of at least 4 members (excludes halogenated alkanes) is 33. The second kappa shape index (κ2) is 60.7. The van der Waals surface area contributed by atoms with Crippen molar-refractivity contribution in [2.45, 2.75) is 369 Å². The monoisotopic (exact) mass is 1320 g/mol. The molecule has 4 unspecified atom stereocenters. The van der Waals surface area contributed by atoms with Crippen molar-refractivity contribution >= 4 is 39.5 Å². The van der Waals surface area contributed by atoms with Crippen LogP contribution in [0.5, 0.6) is 0 Å². The third-order valence-corrected chi connectivity index (χ3v) is 18.6. The van der Waals surface area contributed by atoms with Crippen molar-refractivity contribution in [3.8, 4) is 0 Å². The van der Waals surface area contributed by atoms with E-state index in [2.05, 4.69) is 55.4 Å². The summed E-state index contributed by atoms with van der Waals surface area (Å²) in [5.74, 6) is 0.832. The maximum atomic E-state index is 13.0. The highest BCUT2D eigenvalue weighted by Gasteiger charge is 2.30. The Kier molecular flexibility index (Phi) is 59.4. The van der Waals surface area contributed by atoms with Gasteiger partial charge in [-0.2, -0.15) is 0 Å². The molecule has 0 aliphatic rings. The number of carbonyl (C=O) groups is 4. The van der Waals surface area contributed by atoms with Crippen molar-refractivity contribution in [3.05, 3.63) is 0 Å². The molecule has 534 valence electrons. The Morgan fingerprint density at radius 2 is 0.533 bits per heavy atom. The first-order valence-corrected chi connectivity index (χ1v) is 39.7. The quantitative estimate of drug-likeness (QED) is 0.0222. The molecular weight excluding hydrogens is 1190 g/mol. The average Bonchev–Trinajstić information content (AvgIpc) is 2.98. The topological polar surface area (TPSA) is 237 Å². The molecule has 0 rings (SSSR count). The van der Waals surface area contributed by atoms with Gasteiger partial charge in [-0.25, -0.2) is 9.13 Å². The van der Waals surface area contributed by atoms with Crippen molar-refractivity contribution in [2.75, 3.05) is 39.6 Å². The smallest absolute Gasteiger partial charge is 0.462 e. The van der Waals surface area contributed by atoms with Gasteiger partial charge in [-0.15, -0.1) is 0 Å². The van der Waals surface area contributed by atoms with Gasteiger partial charge in [0.25, 0.3) is 0 Å². The van der Waals surface area contributed by atoms with Gasteiger partial charge in [-0.1, -0.05) is 299 Å². The number of hydrogen-bond donors (Lipinski definition) is 3. The van der Waals surface area contributed by atoms with E-state index in [1.807, 2.05) is 0 Å². The molecule has 0 amide bonds. The Labute approximate surface area is 549 Å². The van der Waals surface area contributed by atoms with Gasteiger partial charge in [0.1, 0.15) is 19.3 Å². The van der Waals surface area contributed by atoms with E-state index in [0.29, 0.717) is 31.6 Å². The van der Waals surface area contributed by atoms with E-state index in [-0.39, 0.29) is 25.7 Å². The van der Waals surface area contributed by atoms with Crippen LogP contribution in [0.15, 0.2) is 0 Å². The predicted octanol–water partition coefficient (Wildman–Crippen LogP) is 20.1. The second-order valence-corrected chi connectivity index (χ2v) is 30.2. The number of aliphatic hydroxyl groups excluding tert-OH is 1. The molecule has 0 saturated carbocycles. The van der Waals surface area contributed by atoms with E-state index >= 15 is 0 Å². The van der Waals surface area contributed by atoms with Crippen molar-refractivity contribution in [2.24, 2.45) is 23.7 Å². The van der Waals surface area contributed by atoms with E-state index in [0.717, 1.165) is 120 Å². The Morgan fingerprint density at radius 3 is 0.789 bits per heavy atom. The lowest BCUT2D eigenvalue weighted by Crippen LogP contribution is -2.30. The highest BCUT2D eigenvalue weighted by atomic mass is 31.2. The highest BCUT2D eigenvalue weighted by Crippen LogP contribution is 2.45. The number of rotatable bonds is 68. The summed E-state index contributed by atoms with van der Waals surface area (Å²) in [4.78, 5) is 72.5. The largest absolute Gasteiger partial charge is 0.472 e. The molecule has 19 heteroatoms. The van der Waals surface area contributed by atoms with Gasteiger partial charge in [-0.05, 0) is 49.4 Å². The van der Waals surface area contributed by atoms with E-state index < -0.39 is 97.5 Å². The fourth-order valence-electron chi connectivity index (χ4n) is 10.6. The Balaban J connectivity index is 5.20. The van der Waals surface area contributed by atoms with Crippen LogP contribution in [0.2, 0.25) is 0 Å². The third-order valence-electron chi connectivity index (χ3n) is 16.7. The molecule has 0 aromatic carbocycles. The summed E-state index contributed by atoms with van der Waals surface area (Å²) in [5.41, 5.74) is 0. The second-order valence-electron chi connectivity index (χ2n) is 27.3. The van der Waals surface area contributed by atoms with Crippen molar-refractivity contribution in [1.82, 2.24) is 0 Å². The van der Waals surface area contributed by atoms with Gasteiger partial charge in [-0.3, -0.25) is 37.3 Å². The molecule has 0 heterocycles. The minimum Gasteiger partial charge on any atom is -0.462 e. The molecule has 0 saturated heterocycles. The zero-order chi connectivity index (χ0) is 66.8. The maximum Gasteiger partial charge on any atom is 0.472 e. The van der Waals surface area contributed by atoms with E-state index in [4.69, 9.17) is 37.0 Å². The number of carbonyl (C=O) groups excluding carboxylic acids is 4. The Bertz CT molecular complexity index is 1780. The summed E-state index contributed by atoms with van der Waals surface area (Å²) in [6, 6.07) is 0. The zero-order valence-electron chi connectivity index (χ0n) is 58.8. The van der Waals surface area contributed by atoms with Crippen LogP contribution in [0.1, 0.15) is 351 Å². The first-order chi connectivity index (χ1) is 43.1. The summed E-state index contributed by atoms with van der Waals surface area (Å²) in [6.45, 7) is 14.0. The van der Waals surface area contributed by atoms with Crippen LogP contribution in [0.25, 0.3) is 0 Å². The van der Waals surface area contributed by atoms with E-state index in [9.17, 15) is 43.2 Å². The molecule has 0 aliphatic carbocycles. The molecule has 3 N–H and O–H groups in total. The number of aliphatic hydroxyl groups is 1. The first-order valence-electron chi connectivity index (χ1n) is 36.7. The number of phosphoric ester groups is 2. The predicted molar refractivity (Wildman–Crippen MR) is 363 cm³/mol. The molecule has 0 spiro atoms. The van der Waals surface area contributed by atoms with Crippen LogP contribution in [-0.2, 0) is 65.4 Å². The molecule has 0 aromatic rings. The van der Waals surface area contributed by atoms with Gasteiger partial charge in [0.05, 0.1) is 26.4 Å². The Morgan fingerprint density at radius 1 is 0.311 bits per heavy atom. The fraction of sp³-hybridized carbons (Fsp3) is 0.944. The lowest BCUT2D eigenvalue weighted by Gasteiger charge is -2.21. The summed E-state index contributed by atoms with van der Waals surface area (Å²) in [5, 5.41) is 10.6. The van der Waals surface area contributed by atoms with E-state index in [1.165, 1.54) is 141 Å². The van der Waals surface area contributed by atoms with Crippen LogP contribution in [0, 0.1) is 23.7 Å². The minimum atomic E-state index is -4.95. The van der Waals surface area contributed by atoms with Crippen LogP contribution in [0.4, 0.5) is 0 Å². The molecule has 0 bridgehead atoms. The fourth-order valence-corrected chi connectivity index (χ4v) is 12.2.